The standard InChI is InChI=1S/C27H22ClN3O3/c1-16-4-6-17(7-5-16)24-23(25(32)19-3-2-11-29-14-19)26(33)27(34)31(24)12-10-18-15-30-22-13-20(28)8-9-21(18)22/h2-9,11,13-15,24,30,32H,10,12H2,1H3. The van der Waals surface area contributed by atoms with Gasteiger partial charge >= 0.3 is 0 Å². The SMILES string of the molecule is Cc1ccc(C2C(=C(O)c3cccnc3)C(=O)C(=O)N2CCc2c[nH]c3cc(Cl)ccc23)cc1. The summed E-state index contributed by atoms with van der Waals surface area (Å²) < 4.78 is 0. The molecule has 1 aliphatic heterocycles. The van der Waals surface area contributed by atoms with E-state index in [0.717, 1.165) is 27.6 Å². The fraction of sp³-hybridized carbons (Fsp3) is 0.148. The molecule has 34 heavy (non-hydrogen) atoms. The molecule has 0 saturated carbocycles. The summed E-state index contributed by atoms with van der Waals surface area (Å²) in [5, 5.41) is 12.7. The highest BCUT2D eigenvalue weighted by molar-refractivity contribution is 6.46. The molecular weight excluding hydrogens is 450 g/mol. The van der Waals surface area contributed by atoms with Crippen LogP contribution in [0.4, 0.5) is 0 Å². The number of nitrogens with one attached hydrogen (secondary N) is 1. The summed E-state index contributed by atoms with van der Waals surface area (Å²) in [6.07, 6.45) is 5.49. The number of pyridine rings is 1. The van der Waals surface area contributed by atoms with Gasteiger partial charge in [-0.2, -0.15) is 0 Å². The molecule has 0 aliphatic carbocycles. The lowest BCUT2D eigenvalue weighted by molar-refractivity contribution is -0.139. The van der Waals surface area contributed by atoms with Crippen molar-refractivity contribution in [1.82, 2.24) is 14.9 Å². The molecule has 1 unspecified atom stereocenters. The molecule has 0 spiro atoms. The predicted octanol–water partition coefficient (Wildman–Crippen LogP) is 5.19. The summed E-state index contributed by atoms with van der Waals surface area (Å²) in [6.45, 7) is 2.28. The van der Waals surface area contributed by atoms with E-state index in [4.69, 9.17) is 11.6 Å². The number of amides is 1. The Morgan fingerprint density at radius 2 is 1.94 bits per heavy atom. The van der Waals surface area contributed by atoms with Crippen molar-refractivity contribution in [3.63, 3.8) is 0 Å². The Balaban J connectivity index is 1.55. The van der Waals surface area contributed by atoms with Crippen LogP contribution in [0.15, 0.2) is 78.8 Å². The number of benzene rings is 2. The lowest BCUT2D eigenvalue weighted by Gasteiger charge is -2.25. The number of carbonyl (C=O) groups is 2. The van der Waals surface area contributed by atoms with Crippen LogP contribution in [-0.2, 0) is 16.0 Å². The Bertz CT molecular complexity index is 1420. The highest BCUT2D eigenvalue weighted by Crippen LogP contribution is 2.39. The van der Waals surface area contributed by atoms with Crippen LogP contribution in [0.5, 0.6) is 0 Å². The third kappa shape index (κ3) is 3.86. The molecule has 6 nitrogen and oxygen atoms in total. The Labute approximate surface area is 201 Å². The van der Waals surface area contributed by atoms with Crippen molar-refractivity contribution < 1.29 is 14.7 Å². The largest absolute Gasteiger partial charge is 0.507 e. The zero-order chi connectivity index (χ0) is 23.8. The van der Waals surface area contributed by atoms with Crippen LogP contribution in [0.3, 0.4) is 0 Å². The average molecular weight is 472 g/mol. The molecule has 1 amide bonds. The minimum atomic E-state index is -0.697. The molecule has 1 atom stereocenters. The van der Waals surface area contributed by atoms with Crippen LogP contribution < -0.4 is 0 Å². The zero-order valence-electron chi connectivity index (χ0n) is 18.5. The van der Waals surface area contributed by atoms with Gasteiger partial charge in [-0.05, 0) is 48.7 Å². The maximum atomic E-state index is 13.2. The minimum Gasteiger partial charge on any atom is -0.507 e. The van der Waals surface area contributed by atoms with Crippen molar-refractivity contribution in [3.05, 3.63) is 106 Å². The van der Waals surface area contributed by atoms with Crippen molar-refractivity contribution in [2.75, 3.05) is 6.54 Å². The summed E-state index contributed by atoms with van der Waals surface area (Å²) in [4.78, 5) is 35.1. The van der Waals surface area contributed by atoms with E-state index in [-0.39, 0.29) is 11.3 Å². The lowest BCUT2D eigenvalue weighted by Crippen LogP contribution is -2.31. The van der Waals surface area contributed by atoms with E-state index >= 15 is 0 Å². The number of Topliss-reactive ketones (excluding diaryl/α,β-unsaturated/α-hetero) is 1. The number of nitrogens with zero attached hydrogens (tertiary/aromatic N) is 2. The smallest absolute Gasteiger partial charge is 0.295 e. The van der Waals surface area contributed by atoms with Gasteiger partial charge in [0.15, 0.2) is 0 Å². The molecule has 2 N–H and O–H groups in total. The second-order valence-electron chi connectivity index (χ2n) is 8.40. The summed E-state index contributed by atoms with van der Waals surface area (Å²) in [6, 6.07) is 15.9. The van der Waals surface area contributed by atoms with E-state index in [2.05, 4.69) is 9.97 Å². The molecular formula is C27H22ClN3O3. The molecule has 0 bridgehead atoms. The molecule has 2 aromatic carbocycles. The summed E-state index contributed by atoms with van der Waals surface area (Å²) in [7, 11) is 0. The predicted molar refractivity (Wildman–Crippen MR) is 131 cm³/mol. The molecule has 3 heterocycles. The van der Waals surface area contributed by atoms with Crippen molar-refractivity contribution in [2.24, 2.45) is 0 Å². The number of aryl methyl sites for hydroxylation is 1. The quantitative estimate of drug-likeness (QED) is 0.238. The molecule has 5 rings (SSSR count). The first-order valence-corrected chi connectivity index (χ1v) is 11.3. The van der Waals surface area contributed by atoms with Crippen molar-refractivity contribution >= 4 is 40.0 Å². The molecule has 1 aliphatic rings. The van der Waals surface area contributed by atoms with E-state index in [1.54, 1.807) is 23.2 Å². The number of aromatic nitrogens is 2. The van der Waals surface area contributed by atoms with E-state index < -0.39 is 17.7 Å². The number of aromatic amines is 1. The fourth-order valence-electron chi connectivity index (χ4n) is 4.47. The highest BCUT2D eigenvalue weighted by Gasteiger charge is 2.45. The van der Waals surface area contributed by atoms with Gasteiger partial charge in [-0.15, -0.1) is 0 Å². The van der Waals surface area contributed by atoms with Crippen molar-refractivity contribution in [3.8, 4) is 0 Å². The minimum absolute atomic E-state index is 0.0764. The maximum absolute atomic E-state index is 13.2. The first-order valence-electron chi connectivity index (χ1n) is 10.9. The van der Waals surface area contributed by atoms with E-state index in [1.807, 2.05) is 55.6 Å². The van der Waals surface area contributed by atoms with E-state index in [1.165, 1.54) is 6.20 Å². The molecule has 170 valence electrons. The molecule has 1 fully saturated rings. The molecule has 1 saturated heterocycles. The number of hydrogen-bond donors (Lipinski definition) is 2. The van der Waals surface area contributed by atoms with E-state index in [0.29, 0.717) is 23.6 Å². The first kappa shape index (κ1) is 21.9. The lowest BCUT2D eigenvalue weighted by atomic mass is 9.95. The Morgan fingerprint density at radius 1 is 1.15 bits per heavy atom. The third-order valence-corrected chi connectivity index (χ3v) is 6.45. The Morgan fingerprint density at radius 3 is 2.68 bits per heavy atom. The summed E-state index contributed by atoms with van der Waals surface area (Å²) in [5.74, 6) is -1.54. The fourth-order valence-corrected chi connectivity index (χ4v) is 4.64. The molecule has 0 radical (unpaired) electrons. The van der Waals surface area contributed by atoms with Crippen LogP contribution >= 0.6 is 11.6 Å². The molecule has 7 heteroatoms. The Kier molecular flexibility index (Phi) is 5.67. The van der Waals surface area contributed by atoms with Gasteiger partial charge in [0.2, 0.25) is 0 Å². The third-order valence-electron chi connectivity index (χ3n) is 6.22. The van der Waals surface area contributed by atoms with Gasteiger partial charge in [-0.3, -0.25) is 14.6 Å². The number of ketones is 1. The maximum Gasteiger partial charge on any atom is 0.295 e. The number of halogens is 1. The average Bonchev–Trinajstić information content (AvgIpc) is 3.36. The summed E-state index contributed by atoms with van der Waals surface area (Å²) in [5.41, 5.74) is 4.23. The van der Waals surface area contributed by atoms with Crippen LogP contribution in [0.25, 0.3) is 16.7 Å². The summed E-state index contributed by atoms with van der Waals surface area (Å²) >= 11 is 6.09. The van der Waals surface area contributed by atoms with Crippen LogP contribution in [-0.4, -0.2) is 38.2 Å². The van der Waals surface area contributed by atoms with Gasteiger partial charge in [0.1, 0.15) is 5.76 Å². The monoisotopic (exact) mass is 471 g/mol. The van der Waals surface area contributed by atoms with Gasteiger partial charge in [-0.25, -0.2) is 0 Å². The van der Waals surface area contributed by atoms with Crippen LogP contribution in [0.2, 0.25) is 5.02 Å². The van der Waals surface area contributed by atoms with Crippen LogP contribution in [0, 0.1) is 6.92 Å². The number of aliphatic hydroxyl groups excluding tert-OH is 1. The van der Waals surface area contributed by atoms with Crippen molar-refractivity contribution in [1.29, 1.82) is 0 Å². The van der Waals surface area contributed by atoms with E-state index in [9.17, 15) is 14.7 Å². The second kappa shape index (κ2) is 8.80. The number of hydrogen-bond acceptors (Lipinski definition) is 4. The van der Waals surface area contributed by atoms with Gasteiger partial charge in [0, 0.05) is 46.6 Å². The van der Waals surface area contributed by atoms with Gasteiger partial charge < -0.3 is 15.0 Å². The second-order valence-corrected chi connectivity index (χ2v) is 8.84. The number of likely N-dealkylation sites (tertiary alicyclic amines) is 1. The van der Waals surface area contributed by atoms with Gasteiger partial charge in [-0.1, -0.05) is 47.5 Å². The highest BCUT2D eigenvalue weighted by atomic mass is 35.5. The van der Waals surface area contributed by atoms with Gasteiger partial charge in [0.25, 0.3) is 11.7 Å². The number of carbonyl (C=O) groups excluding carboxylic acids is 2. The normalized spacial score (nSPS) is 17.6. The Hall–Kier alpha value is -3.90. The molecule has 4 aromatic rings. The van der Waals surface area contributed by atoms with Gasteiger partial charge in [0.05, 0.1) is 11.6 Å². The van der Waals surface area contributed by atoms with Crippen LogP contribution in [0.1, 0.15) is 28.3 Å². The number of fused-ring (bicyclic) bond motifs is 1. The molecule has 2 aromatic heterocycles. The first-order chi connectivity index (χ1) is 16.4. The van der Waals surface area contributed by atoms with Crippen molar-refractivity contribution in [2.45, 2.75) is 19.4 Å². The number of H-pyrrole nitrogens is 1. The zero-order valence-corrected chi connectivity index (χ0v) is 19.2. The number of aliphatic hydroxyl groups is 1. The number of rotatable bonds is 5. The topological polar surface area (TPSA) is 86.3 Å².